The second-order valence-electron chi connectivity index (χ2n) is 8.26. The average Bonchev–Trinajstić information content (AvgIpc) is 2.98. The highest BCUT2D eigenvalue weighted by Gasteiger charge is 2.38. The molecular weight excluding hydrogens is 312 g/mol. The second kappa shape index (κ2) is 7.08. The van der Waals surface area contributed by atoms with Crippen molar-refractivity contribution in [1.82, 2.24) is 9.80 Å². The topological polar surface area (TPSA) is 43.8 Å². The number of carbonyl (C=O) groups excluding carboxylic acids is 1. The van der Waals surface area contributed by atoms with Crippen molar-refractivity contribution in [2.75, 3.05) is 26.2 Å². The third-order valence-corrected chi connectivity index (χ3v) is 6.48. The smallest absolute Gasteiger partial charge is 0.225 e. The van der Waals surface area contributed by atoms with Gasteiger partial charge in [0, 0.05) is 25.0 Å². The number of aliphatic hydroxyl groups excluding tert-OH is 1. The number of nitrogens with zero attached hydrogens (tertiary/aromatic N) is 2. The first-order valence-electron chi connectivity index (χ1n) is 9.92. The zero-order chi connectivity index (χ0) is 17.4. The molecule has 3 unspecified atom stereocenters. The molecule has 3 atom stereocenters. The van der Waals surface area contributed by atoms with Gasteiger partial charge in [0.15, 0.2) is 0 Å². The van der Waals surface area contributed by atoms with Crippen molar-refractivity contribution in [2.24, 2.45) is 11.8 Å². The molecule has 1 aromatic carbocycles. The number of piperidine rings is 2. The Bertz CT molecular complexity index is 624. The lowest BCUT2D eigenvalue weighted by Crippen LogP contribution is -2.48. The average molecular weight is 342 g/mol. The third kappa shape index (κ3) is 3.34. The fraction of sp³-hybridized carbons (Fsp3) is 0.667. The lowest BCUT2D eigenvalue weighted by Gasteiger charge is -2.39. The monoisotopic (exact) mass is 342 g/mol. The van der Waals surface area contributed by atoms with Crippen LogP contribution in [0.15, 0.2) is 24.3 Å². The van der Waals surface area contributed by atoms with Crippen LogP contribution in [0.4, 0.5) is 0 Å². The molecule has 0 bridgehead atoms. The number of rotatable bonds is 2. The van der Waals surface area contributed by atoms with E-state index in [1.54, 1.807) is 0 Å². The Morgan fingerprint density at radius 1 is 1.12 bits per heavy atom. The molecule has 4 nitrogen and oxygen atoms in total. The molecule has 0 spiro atoms. The molecule has 3 aliphatic rings. The van der Waals surface area contributed by atoms with E-state index in [1.165, 1.54) is 12.0 Å². The zero-order valence-corrected chi connectivity index (χ0v) is 15.2. The van der Waals surface area contributed by atoms with Crippen molar-refractivity contribution in [3.8, 4) is 0 Å². The van der Waals surface area contributed by atoms with E-state index in [9.17, 15) is 9.90 Å². The fourth-order valence-electron chi connectivity index (χ4n) is 5.01. The molecule has 4 rings (SSSR count). The first kappa shape index (κ1) is 17.0. The Balaban J connectivity index is 1.34. The highest BCUT2D eigenvalue weighted by Crippen LogP contribution is 2.36. The van der Waals surface area contributed by atoms with Gasteiger partial charge in [-0.1, -0.05) is 31.2 Å². The number of fused-ring (bicyclic) bond motifs is 1. The maximum Gasteiger partial charge on any atom is 0.225 e. The summed E-state index contributed by atoms with van der Waals surface area (Å²) in [6.07, 6.45) is 4.82. The van der Waals surface area contributed by atoms with Crippen LogP contribution in [0.2, 0.25) is 0 Å². The minimum Gasteiger partial charge on any atom is -0.387 e. The fourth-order valence-corrected chi connectivity index (χ4v) is 5.01. The summed E-state index contributed by atoms with van der Waals surface area (Å²) in [6, 6.07) is 8.43. The molecule has 1 N–H and O–H groups in total. The van der Waals surface area contributed by atoms with Gasteiger partial charge in [-0.15, -0.1) is 0 Å². The molecule has 2 heterocycles. The largest absolute Gasteiger partial charge is 0.387 e. The highest BCUT2D eigenvalue weighted by molar-refractivity contribution is 5.79. The van der Waals surface area contributed by atoms with E-state index in [0.717, 1.165) is 57.4 Å². The number of hydrogen-bond acceptors (Lipinski definition) is 3. The van der Waals surface area contributed by atoms with Gasteiger partial charge in [0.1, 0.15) is 0 Å². The number of amides is 1. The lowest BCUT2D eigenvalue weighted by molar-refractivity contribution is -0.139. The van der Waals surface area contributed by atoms with Gasteiger partial charge in [-0.3, -0.25) is 9.69 Å². The summed E-state index contributed by atoms with van der Waals surface area (Å²) in [5, 5.41) is 10.7. The number of carbonyl (C=O) groups is 1. The second-order valence-corrected chi connectivity index (χ2v) is 8.26. The summed E-state index contributed by atoms with van der Waals surface area (Å²) in [7, 11) is 0. The quantitative estimate of drug-likeness (QED) is 0.898. The highest BCUT2D eigenvalue weighted by atomic mass is 16.3. The maximum absolute atomic E-state index is 12.8. The molecule has 4 heteroatoms. The Labute approximate surface area is 150 Å². The molecule has 0 aromatic heterocycles. The van der Waals surface area contributed by atoms with Crippen LogP contribution in [0.5, 0.6) is 0 Å². The van der Waals surface area contributed by atoms with Crippen LogP contribution in [0.25, 0.3) is 0 Å². The minimum atomic E-state index is -0.383. The van der Waals surface area contributed by atoms with Crippen LogP contribution in [-0.2, 0) is 11.2 Å². The number of hydrogen-bond donors (Lipinski definition) is 1. The van der Waals surface area contributed by atoms with Gasteiger partial charge in [-0.25, -0.2) is 0 Å². The van der Waals surface area contributed by atoms with Crippen LogP contribution in [0.1, 0.15) is 49.8 Å². The van der Waals surface area contributed by atoms with E-state index < -0.39 is 0 Å². The van der Waals surface area contributed by atoms with Gasteiger partial charge >= 0.3 is 0 Å². The molecular formula is C21H30N2O2. The molecule has 136 valence electrons. The summed E-state index contributed by atoms with van der Waals surface area (Å²) in [4.78, 5) is 17.3. The van der Waals surface area contributed by atoms with Crippen LogP contribution in [-0.4, -0.2) is 53.0 Å². The Kier molecular flexibility index (Phi) is 4.83. The minimum absolute atomic E-state index is 0.183. The van der Waals surface area contributed by atoms with Crippen molar-refractivity contribution >= 4 is 5.91 Å². The zero-order valence-electron chi connectivity index (χ0n) is 15.2. The van der Waals surface area contributed by atoms with Crippen molar-refractivity contribution in [3.63, 3.8) is 0 Å². The molecule has 0 saturated carbocycles. The van der Waals surface area contributed by atoms with E-state index in [4.69, 9.17) is 0 Å². The molecule has 2 saturated heterocycles. The number of likely N-dealkylation sites (tertiary alicyclic amines) is 2. The van der Waals surface area contributed by atoms with Gasteiger partial charge in [-0.2, -0.15) is 0 Å². The molecule has 1 aliphatic carbocycles. The first-order valence-corrected chi connectivity index (χ1v) is 9.92. The standard InChI is InChI=1S/C21H30N2O2/c1-15-5-4-10-23(14-15)21(25)16-8-11-22(12-9-16)19-13-17-6-2-3-7-18(17)20(19)24/h2-3,6-7,15-16,19-20,24H,4-5,8-14H2,1H3. The van der Waals surface area contributed by atoms with Crippen LogP contribution >= 0.6 is 0 Å². The molecule has 1 aromatic rings. The molecule has 2 fully saturated rings. The molecule has 2 aliphatic heterocycles. The molecule has 1 amide bonds. The van der Waals surface area contributed by atoms with E-state index in [-0.39, 0.29) is 18.1 Å². The molecule has 25 heavy (non-hydrogen) atoms. The van der Waals surface area contributed by atoms with Crippen LogP contribution in [0, 0.1) is 11.8 Å². The van der Waals surface area contributed by atoms with Gasteiger partial charge in [-0.05, 0) is 62.2 Å². The van der Waals surface area contributed by atoms with Gasteiger partial charge < -0.3 is 10.0 Å². The van der Waals surface area contributed by atoms with E-state index >= 15 is 0 Å². The van der Waals surface area contributed by atoms with Gasteiger partial charge in [0.05, 0.1) is 6.10 Å². The number of benzene rings is 1. The predicted octanol–water partition coefficient (Wildman–Crippen LogP) is 2.62. The van der Waals surface area contributed by atoms with E-state index in [0.29, 0.717) is 11.8 Å². The van der Waals surface area contributed by atoms with Crippen molar-refractivity contribution in [3.05, 3.63) is 35.4 Å². The normalized spacial score (nSPS) is 31.1. The SMILES string of the molecule is CC1CCCN(C(=O)C2CCN(C3Cc4ccccc4C3O)CC2)C1. The first-order chi connectivity index (χ1) is 12.1. The predicted molar refractivity (Wildman–Crippen MR) is 98.2 cm³/mol. The van der Waals surface area contributed by atoms with Crippen LogP contribution < -0.4 is 0 Å². The van der Waals surface area contributed by atoms with Crippen molar-refractivity contribution in [2.45, 2.75) is 51.2 Å². The van der Waals surface area contributed by atoms with E-state index in [2.05, 4.69) is 28.9 Å². The molecule has 0 radical (unpaired) electrons. The van der Waals surface area contributed by atoms with Crippen LogP contribution in [0.3, 0.4) is 0 Å². The summed E-state index contributed by atoms with van der Waals surface area (Å²) in [5.74, 6) is 1.20. The van der Waals surface area contributed by atoms with Gasteiger partial charge in [0.25, 0.3) is 0 Å². The summed E-state index contributed by atoms with van der Waals surface area (Å²) < 4.78 is 0. The Morgan fingerprint density at radius 3 is 2.60 bits per heavy atom. The van der Waals surface area contributed by atoms with Crippen molar-refractivity contribution < 1.29 is 9.90 Å². The summed E-state index contributed by atoms with van der Waals surface area (Å²) >= 11 is 0. The lowest BCUT2D eigenvalue weighted by atomic mass is 9.91. The summed E-state index contributed by atoms with van der Waals surface area (Å²) in [6.45, 7) is 5.99. The Hall–Kier alpha value is -1.39. The maximum atomic E-state index is 12.8. The third-order valence-electron chi connectivity index (χ3n) is 6.48. The van der Waals surface area contributed by atoms with Gasteiger partial charge in [0.2, 0.25) is 5.91 Å². The Morgan fingerprint density at radius 2 is 1.88 bits per heavy atom. The summed E-state index contributed by atoms with van der Waals surface area (Å²) in [5.41, 5.74) is 2.37. The van der Waals surface area contributed by atoms with Crippen molar-refractivity contribution in [1.29, 1.82) is 0 Å². The number of aliphatic hydroxyl groups is 1. The van der Waals surface area contributed by atoms with E-state index in [1.807, 2.05) is 12.1 Å².